The third-order valence-corrected chi connectivity index (χ3v) is 3.69. The Hall–Kier alpha value is -1.41. The number of hydrogen-bond donors (Lipinski definition) is 3. The lowest BCUT2D eigenvalue weighted by Gasteiger charge is -2.27. The number of carboxylic acids is 1. The molecule has 18 heavy (non-hydrogen) atoms. The summed E-state index contributed by atoms with van der Waals surface area (Å²) in [6, 6.07) is -1.22. The average Bonchev–Trinajstić information content (AvgIpc) is 2.60. The van der Waals surface area contributed by atoms with Gasteiger partial charge < -0.3 is 10.1 Å². The number of nitrogens with one attached hydrogen (secondary N) is 2. The van der Waals surface area contributed by atoms with Crippen molar-refractivity contribution in [1.29, 1.82) is 0 Å². The Morgan fingerprint density at radius 3 is 2.39 bits per heavy atom. The first-order valence-corrected chi connectivity index (χ1v) is 6.79. The Morgan fingerprint density at radius 2 is 2.06 bits per heavy atom. The summed E-state index contributed by atoms with van der Waals surface area (Å²) in [5, 5.41) is 8.93. The van der Waals surface area contributed by atoms with E-state index in [0.717, 1.165) is 6.20 Å². The van der Waals surface area contributed by atoms with Gasteiger partial charge in [-0.15, -0.1) is 0 Å². The molecule has 1 atom stereocenters. The van der Waals surface area contributed by atoms with E-state index in [2.05, 4.69) is 14.7 Å². The van der Waals surface area contributed by atoms with Gasteiger partial charge in [-0.3, -0.25) is 4.79 Å². The highest BCUT2D eigenvalue weighted by Crippen LogP contribution is 2.21. The van der Waals surface area contributed by atoms with Gasteiger partial charge in [-0.1, -0.05) is 20.8 Å². The summed E-state index contributed by atoms with van der Waals surface area (Å²) in [5.41, 5.74) is -0.742. The minimum Gasteiger partial charge on any atom is -0.480 e. The van der Waals surface area contributed by atoms with E-state index in [1.807, 2.05) is 0 Å². The topological polar surface area (TPSA) is 112 Å². The van der Waals surface area contributed by atoms with Gasteiger partial charge in [-0.2, -0.15) is 4.72 Å². The second kappa shape index (κ2) is 4.69. The van der Waals surface area contributed by atoms with Gasteiger partial charge in [0.15, 0.2) is 5.03 Å². The molecular formula is C10H17N3O4S. The summed E-state index contributed by atoms with van der Waals surface area (Å²) in [5.74, 6) is -0.777. The molecule has 1 rings (SSSR count). The molecule has 0 aliphatic heterocycles. The molecular weight excluding hydrogens is 258 g/mol. The number of nitrogens with zero attached hydrogens (tertiary/aromatic N) is 1. The molecule has 8 heteroatoms. The summed E-state index contributed by atoms with van der Waals surface area (Å²) in [7, 11) is -3.92. The molecule has 0 fully saturated rings. The predicted molar refractivity (Wildman–Crippen MR) is 64.5 cm³/mol. The number of carbonyl (C=O) groups is 1. The van der Waals surface area contributed by atoms with E-state index in [-0.39, 0.29) is 5.03 Å². The van der Waals surface area contributed by atoms with E-state index in [1.165, 1.54) is 0 Å². The molecule has 0 unspecified atom stereocenters. The number of aliphatic carboxylic acids is 1. The van der Waals surface area contributed by atoms with Gasteiger partial charge in [-0.25, -0.2) is 13.4 Å². The fraction of sp³-hybridized carbons (Fsp3) is 0.600. The van der Waals surface area contributed by atoms with Gasteiger partial charge in [0.2, 0.25) is 0 Å². The van der Waals surface area contributed by atoms with Gasteiger partial charge in [-0.05, 0) is 12.3 Å². The standard InChI is InChI=1S/C10H17N3O4S/c1-6-11-5-7(12-6)18(16,17)13-8(9(14)15)10(2,3)4/h5,8,13H,1-4H3,(H,11,12)(H,14,15)/t8-/m1/s1. The van der Waals surface area contributed by atoms with Crippen molar-refractivity contribution in [3.8, 4) is 0 Å². The van der Waals surface area contributed by atoms with Crippen molar-refractivity contribution in [1.82, 2.24) is 14.7 Å². The highest BCUT2D eigenvalue weighted by atomic mass is 32.2. The Balaban J connectivity index is 3.05. The van der Waals surface area contributed by atoms with Crippen molar-refractivity contribution in [2.45, 2.75) is 38.8 Å². The predicted octanol–water partition coefficient (Wildman–Crippen LogP) is 0.496. The van der Waals surface area contributed by atoms with Gasteiger partial charge in [0.25, 0.3) is 10.0 Å². The largest absolute Gasteiger partial charge is 0.480 e. The van der Waals surface area contributed by atoms with Gasteiger partial charge in [0, 0.05) is 0 Å². The van der Waals surface area contributed by atoms with Crippen LogP contribution in [-0.4, -0.2) is 35.5 Å². The smallest absolute Gasteiger partial charge is 0.322 e. The van der Waals surface area contributed by atoms with Crippen molar-refractivity contribution < 1.29 is 18.3 Å². The minimum absolute atomic E-state index is 0.143. The maximum Gasteiger partial charge on any atom is 0.322 e. The summed E-state index contributed by atoms with van der Waals surface area (Å²) in [6.07, 6.45) is 1.15. The fourth-order valence-electron chi connectivity index (χ4n) is 1.35. The zero-order valence-corrected chi connectivity index (χ0v) is 11.5. The lowest BCUT2D eigenvalue weighted by molar-refractivity contribution is -0.141. The summed E-state index contributed by atoms with van der Waals surface area (Å²) < 4.78 is 26.1. The first kappa shape index (κ1) is 14.7. The second-order valence-corrected chi connectivity index (χ2v) is 6.77. The lowest BCUT2D eigenvalue weighted by atomic mass is 9.88. The molecule has 0 aromatic carbocycles. The molecule has 3 N–H and O–H groups in total. The van der Waals surface area contributed by atoms with Crippen LogP contribution in [0.15, 0.2) is 11.2 Å². The van der Waals surface area contributed by atoms with Gasteiger partial charge >= 0.3 is 5.97 Å². The first-order valence-electron chi connectivity index (χ1n) is 5.31. The Kier molecular flexibility index (Phi) is 3.82. The molecule has 102 valence electrons. The number of aryl methyl sites for hydroxylation is 1. The average molecular weight is 275 g/mol. The first-order chi connectivity index (χ1) is 8.04. The molecule has 0 saturated carbocycles. The fourth-order valence-corrected chi connectivity index (χ4v) is 2.72. The van der Waals surface area contributed by atoms with Crippen LogP contribution in [0.3, 0.4) is 0 Å². The highest BCUT2D eigenvalue weighted by Gasteiger charge is 2.35. The van der Waals surface area contributed by atoms with Crippen molar-refractivity contribution in [2.75, 3.05) is 0 Å². The summed E-state index contributed by atoms with van der Waals surface area (Å²) in [6.45, 7) is 6.54. The molecule has 1 aromatic heterocycles. The maximum atomic E-state index is 12.0. The molecule has 0 bridgehead atoms. The number of carboxylic acid groups (broad SMARTS) is 1. The SMILES string of the molecule is Cc1ncc(S(=O)(=O)N[C@H](C(=O)O)C(C)(C)C)[nH]1. The van der Waals surface area contributed by atoms with Crippen molar-refractivity contribution in [2.24, 2.45) is 5.41 Å². The van der Waals surface area contributed by atoms with E-state index >= 15 is 0 Å². The molecule has 0 amide bonds. The monoisotopic (exact) mass is 275 g/mol. The van der Waals surface area contributed by atoms with Crippen LogP contribution in [-0.2, 0) is 14.8 Å². The van der Waals surface area contributed by atoms with E-state index in [9.17, 15) is 13.2 Å². The van der Waals surface area contributed by atoms with Crippen LogP contribution in [0.2, 0.25) is 0 Å². The molecule has 0 radical (unpaired) electrons. The number of sulfonamides is 1. The number of H-pyrrole nitrogens is 1. The maximum absolute atomic E-state index is 12.0. The highest BCUT2D eigenvalue weighted by molar-refractivity contribution is 7.89. The van der Waals surface area contributed by atoms with Crippen molar-refractivity contribution >= 4 is 16.0 Å². The van der Waals surface area contributed by atoms with Gasteiger partial charge in [0.1, 0.15) is 11.9 Å². The normalized spacial score (nSPS) is 14.4. The molecule has 1 heterocycles. The van der Waals surface area contributed by atoms with Crippen LogP contribution in [0.1, 0.15) is 26.6 Å². The second-order valence-electron chi connectivity index (χ2n) is 5.09. The van der Waals surface area contributed by atoms with Crippen LogP contribution >= 0.6 is 0 Å². The van der Waals surface area contributed by atoms with E-state index in [4.69, 9.17) is 5.11 Å². The molecule has 7 nitrogen and oxygen atoms in total. The molecule has 0 spiro atoms. The molecule has 1 aromatic rings. The van der Waals surface area contributed by atoms with Crippen LogP contribution in [0, 0.1) is 12.3 Å². The van der Waals surface area contributed by atoms with Gasteiger partial charge in [0.05, 0.1) is 6.20 Å². The molecule has 0 saturated heterocycles. The van der Waals surface area contributed by atoms with Crippen molar-refractivity contribution in [3.05, 3.63) is 12.0 Å². The van der Waals surface area contributed by atoms with Crippen LogP contribution in [0.25, 0.3) is 0 Å². The lowest BCUT2D eigenvalue weighted by Crippen LogP contribution is -2.49. The van der Waals surface area contributed by atoms with Crippen LogP contribution < -0.4 is 4.72 Å². The Bertz CT molecular complexity index is 542. The summed E-state index contributed by atoms with van der Waals surface area (Å²) in [4.78, 5) is 17.4. The number of rotatable bonds is 4. The zero-order valence-electron chi connectivity index (χ0n) is 10.7. The van der Waals surface area contributed by atoms with E-state index < -0.39 is 27.4 Å². The number of aromatic amines is 1. The molecule has 0 aliphatic rings. The summed E-state index contributed by atoms with van der Waals surface area (Å²) >= 11 is 0. The van der Waals surface area contributed by atoms with Crippen LogP contribution in [0.5, 0.6) is 0 Å². The molecule has 0 aliphatic carbocycles. The Morgan fingerprint density at radius 1 is 1.50 bits per heavy atom. The van der Waals surface area contributed by atoms with Crippen molar-refractivity contribution in [3.63, 3.8) is 0 Å². The van der Waals surface area contributed by atoms with Crippen LogP contribution in [0.4, 0.5) is 0 Å². The Labute approximate surface area is 106 Å². The minimum atomic E-state index is -3.92. The zero-order chi connectivity index (χ0) is 14.1. The third-order valence-electron chi connectivity index (χ3n) is 2.36. The van der Waals surface area contributed by atoms with E-state index in [1.54, 1.807) is 27.7 Å². The number of aromatic nitrogens is 2. The third kappa shape index (κ3) is 3.30. The number of imidazole rings is 1. The number of hydrogen-bond acceptors (Lipinski definition) is 4. The van der Waals surface area contributed by atoms with E-state index in [0.29, 0.717) is 5.82 Å². The quantitative estimate of drug-likeness (QED) is 0.740.